The van der Waals surface area contributed by atoms with Crippen molar-refractivity contribution in [2.75, 3.05) is 13.9 Å². The Kier molecular flexibility index (Phi) is 11.8. The molecule has 0 spiro atoms. The number of ether oxygens (including phenoxy) is 2. The second kappa shape index (κ2) is 11.6. The first-order valence-corrected chi connectivity index (χ1v) is 9.20. The molecule has 1 fully saturated rings. The summed E-state index contributed by atoms with van der Waals surface area (Å²) in [7, 11) is -3.83. The molecule has 1 aromatic rings. The van der Waals surface area contributed by atoms with Gasteiger partial charge in [-0.25, -0.2) is 0 Å². The number of para-hydroxylation sites is 1. The van der Waals surface area contributed by atoms with Gasteiger partial charge in [0.2, 0.25) is 0 Å². The van der Waals surface area contributed by atoms with Crippen LogP contribution < -0.4 is 73.6 Å². The van der Waals surface area contributed by atoms with Crippen LogP contribution in [0, 0.1) is 5.92 Å². The molecular weight excluding hydrogens is 381 g/mol. The summed E-state index contributed by atoms with van der Waals surface area (Å²) in [4.78, 5) is 33.1. The van der Waals surface area contributed by atoms with Crippen molar-refractivity contribution < 1.29 is 92.3 Å². The van der Waals surface area contributed by atoms with Crippen molar-refractivity contribution in [1.82, 2.24) is 0 Å². The largest absolute Gasteiger partial charge is 1.00 e. The average Bonchev–Trinajstić information content (AvgIpc) is 3.36. The van der Waals surface area contributed by atoms with Gasteiger partial charge in [0.1, 0.15) is 5.75 Å². The van der Waals surface area contributed by atoms with E-state index in [4.69, 9.17) is 9.47 Å². The predicted octanol–water partition coefficient (Wildman–Crippen LogP) is -4.33. The molecule has 1 saturated carbocycles. The van der Waals surface area contributed by atoms with Crippen molar-refractivity contribution in [2.45, 2.75) is 38.5 Å². The zero-order valence-corrected chi connectivity index (χ0v) is 20.8. The van der Waals surface area contributed by atoms with E-state index < -0.39 is 26.5 Å². The van der Waals surface area contributed by atoms with Gasteiger partial charge in [0.25, 0.3) is 0 Å². The molecule has 0 N–H and O–H groups in total. The summed E-state index contributed by atoms with van der Waals surface area (Å²) >= 11 is 0. The standard InChI is InChI=1S/C16H23O7P.2Na/c1-10(12-7-8-12)13-5-4-6-14(11(2)16(17)21-3)15(13)22-9-23-24(18,19)20;;/h4-6,10-12H,7-9H2,1-3H3,(H2,18,19,20);;/q;2*+1/p-2. The van der Waals surface area contributed by atoms with Gasteiger partial charge < -0.3 is 28.3 Å². The Balaban J connectivity index is 0.00000312. The first kappa shape index (κ1) is 26.6. The summed E-state index contributed by atoms with van der Waals surface area (Å²) in [6.07, 6.45) is 2.23. The fourth-order valence-electron chi connectivity index (χ4n) is 2.74. The van der Waals surface area contributed by atoms with Crippen LogP contribution in [0.15, 0.2) is 18.2 Å². The zero-order valence-electron chi connectivity index (χ0n) is 15.9. The van der Waals surface area contributed by atoms with E-state index in [1.807, 2.05) is 12.1 Å². The Bertz CT molecular complexity index is 645. The van der Waals surface area contributed by atoms with Crippen molar-refractivity contribution in [3.63, 3.8) is 0 Å². The molecule has 1 aliphatic rings. The van der Waals surface area contributed by atoms with Crippen LogP contribution in [0.25, 0.3) is 0 Å². The number of phosphoric ester groups is 1. The number of benzene rings is 1. The fraction of sp³-hybridized carbons (Fsp3) is 0.562. The zero-order chi connectivity index (χ0) is 17.9. The van der Waals surface area contributed by atoms with E-state index in [1.165, 1.54) is 7.11 Å². The second-order valence-electron chi connectivity index (χ2n) is 5.98. The minimum absolute atomic E-state index is 0. The van der Waals surface area contributed by atoms with E-state index in [-0.39, 0.29) is 65.0 Å². The first-order valence-electron chi connectivity index (χ1n) is 7.74. The number of hydrogen-bond acceptors (Lipinski definition) is 7. The van der Waals surface area contributed by atoms with Crippen molar-refractivity contribution in [3.8, 4) is 5.75 Å². The van der Waals surface area contributed by atoms with Gasteiger partial charge in [-0.3, -0.25) is 4.79 Å². The van der Waals surface area contributed by atoms with Crippen LogP contribution >= 0.6 is 7.82 Å². The van der Waals surface area contributed by atoms with E-state index in [0.29, 0.717) is 17.2 Å². The SMILES string of the molecule is COC(=O)C(C)c1cccc(C(C)C2CC2)c1OCOP(=O)([O-])[O-].[Na+].[Na+]. The van der Waals surface area contributed by atoms with Crippen LogP contribution in [0.3, 0.4) is 0 Å². The molecule has 2 rings (SSSR count). The van der Waals surface area contributed by atoms with Crippen molar-refractivity contribution >= 4 is 13.8 Å². The maximum absolute atomic E-state index is 11.9. The van der Waals surface area contributed by atoms with Gasteiger partial charge in [-0.05, 0) is 37.2 Å². The van der Waals surface area contributed by atoms with Crippen LogP contribution in [0.5, 0.6) is 5.75 Å². The summed E-state index contributed by atoms with van der Waals surface area (Å²) in [5.74, 6) is 0.0689. The van der Waals surface area contributed by atoms with Gasteiger partial charge in [-0.1, -0.05) is 25.1 Å². The third-order valence-corrected chi connectivity index (χ3v) is 4.75. The number of methoxy groups -OCH3 is 1. The fourth-order valence-corrected chi connectivity index (χ4v) is 2.93. The van der Waals surface area contributed by atoms with E-state index in [9.17, 15) is 19.1 Å². The number of rotatable bonds is 8. The van der Waals surface area contributed by atoms with Gasteiger partial charge in [-0.2, -0.15) is 0 Å². The monoisotopic (exact) mass is 402 g/mol. The minimum atomic E-state index is -5.13. The molecule has 2 atom stereocenters. The number of carbonyl (C=O) groups excluding carboxylic acids is 1. The predicted molar refractivity (Wildman–Crippen MR) is 82.2 cm³/mol. The molecule has 0 radical (unpaired) electrons. The number of phosphoric acid groups is 1. The minimum Gasteiger partial charge on any atom is -0.790 e. The van der Waals surface area contributed by atoms with E-state index >= 15 is 0 Å². The van der Waals surface area contributed by atoms with Crippen LogP contribution in [0.2, 0.25) is 0 Å². The number of esters is 1. The number of carbonyl (C=O) groups is 1. The molecule has 0 aliphatic heterocycles. The summed E-state index contributed by atoms with van der Waals surface area (Å²) in [5, 5.41) is 0. The van der Waals surface area contributed by atoms with Gasteiger partial charge in [0.05, 0.1) is 20.9 Å². The Morgan fingerprint density at radius 1 is 1.23 bits per heavy atom. The first-order chi connectivity index (χ1) is 11.2. The molecule has 0 aromatic heterocycles. The third-order valence-electron chi connectivity index (χ3n) is 4.33. The molecule has 0 amide bonds. The Hall–Kier alpha value is 0.600. The van der Waals surface area contributed by atoms with E-state index in [1.54, 1.807) is 13.0 Å². The maximum atomic E-state index is 11.9. The topological polar surface area (TPSA) is 108 Å². The van der Waals surface area contributed by atoms with E-state index in [2.05, 4.69) is 11.4 Å². The molecule has 0 heterocycles. The molecule has 2 unspecified atom stereocenters. The summed E-state index contributed by atoms with van der Waals surface area (Å²) in [5.41, 5.74) is 1.43. The summed E-state index contributed by atoms with van der Waals surface area (Å²) in [6, 6.07) is 5.41. The molecule has 1 aliphatic carbocycles. The molecule has 134 valence electrons. The molecule has 0 saturated heterocycles. The molecule has 26 heavy (non-hydrogen) atoms. The van der Waals surface area contributed by atoms with Crippen LogP contribution in [0.4, 0.5) is 0 Å². The smallest absolute Gasteiger partial charge is 0.790 e. The normalized spacial score (nSPS) is 15.9. The van der Waals surface area contributed by atoms with Crippen LogP contribution in [0.1, 0.15) is 49.7 Å². The number of hydrogen-bond donors (Lipinski definition) is 0. The average molecular weight is 402 g/mol. The van der Waals surface area contributed by atoms with Crippen molar-refractivity contribution in [3.05, 3.63) is 29.3 Å². The maximum Gasteiger partial charge on any atom is 1.00 e. The molecule has 10 heteroatoms. The van der Waals surface area contributed by atoms with Crippen LogP contribution in [-0.2, 0) is 18.6 Å². The third kappa shape index (κ3) is 7.55. The van der Waals surface area contributed by atoms with Gasteiger partial charge in [-0.15, -0.1) is 0 Å². The summed E-state index contributed by atoms with van der Waals surface area (Å²) < 4.78 is 25.0. The van der Waals surface area contributed by atoms with Crippen molar-refractivity contribution in [2.24, 2.45) is 5.92 Å². The summed E-state index contributed by atoms with van der Waals surface area (Å²) in [6.45, 7) is 3.01. The Labute approximate surface area is 198 Å². The van der Waals surface area contributed by atoms with E-state index in [0.717, 1.165) is 18.4 Å². The second-order valence-corrected chi connectivity index (χ2v) is 7.13. The molecule has 7 nitrogen and oxygen atoms in total. The molecule has 1 aromatic carbocycles. The van der Waals surface area contributed by atoms with Gasteiger partial charge >= 0.3 is 65.1 Å². The Morgan fingerprint density at radius 3 is 2.31 bits per heavy atom. The quantitative estimate of drug-likeness (QED) is 0.187. The van der Waals surface area contributed by atoms with Gasteiger partial charge in [0, 0.05) is 5.56 Å². The molecule has 0 bridgehead atoms. The van der Waals surface area contributed by atoms with Crippen LogP contribution in [-0.4, -0.2) is 19.9 Å². The van der Waals surface area contributed by atoms with Crippen molar-refractivity contribution in [1.29, 1.82) is 0 Å². The molecular formula is C16H21Na2O7P. The Morgan fingerprint density at radius 2 is 1.81 bits per heavy atom. The van der Waals surface area contributed by atoms with Gasteiger partial charge in [0.15, 0.2) is 6.79 Å².